The second kappa shape index (κ2) is 3.40. The largest absolute Gasteiger partial charge is 0.395 e. The third-order valence-corrected chi connectivity index (χ3v) is 1.82. The topological polar surface area (TPSA) is 40.5 Å². The summed E-state index contributed by atoms with van der Waals surface area (Å²) >= 11 is 0. The quantitative estimate of drug-likeness (QED) is 0.541. The fourth-order valence-electron chi connectivity index (χ4n) is 1.22. The molecule has 1 amide bonds. The number of hydrogen-bond donors (Lipinski definition) is 1. The van der Waals surface area contributed by atoms with Crippen LogP contribution in [-0.4, -0.2) is 35.6 Å². The summed E-state index contributed by atoms with van der Waals surface area (Å²) in [7, 11) is 0. The van der Waals surface area contributed by atoms with Gasteiger partial charge in [0.15, 0.2) is 0 Å². The molecule has 1 fully saturated rings. The van der Waals surface area contributed by atoms with Crippen LogP contribution in [0.2, 0.25) is 0 Å². The van der Waals surface area contributed by atoms with Crippen molar-refractivity contribution < 1.29 is 9.90 Å². The third-order valence-electron chi connectivity index (χ3n) is 1.82. The predicted molar refractivity (Wildman–Crippen MR) is 40.6 cm³/mol. The van der Waals surface area contributed by atoms with Crippen LogP contribution in [0.5, 0.6) is 0 Å². The molecule has 0 aliphatic carbocycles. The maximum absolute atomic E-state index is 11.1. The Balaban J connectivity index is 2.46. The highest BCUT2D eigenvalue weighted by Gasteiger charge is 2.27. The van der Waals surface area contributed by atoms with Gasteiger partial charge in [-0.1, -0.05) is 0 Å². The fraction of sp³-hybridized carbons (Fsp3) is 0.625. The second-order valence-corrected chi connectivity index (χ2v) is 2.63. The van der Waals surface area contributed by atoms with Crippen molar-refractivity contribution >= 4 is 5.91 Å². The molecule has 11 heavy (non-hydrogen) atoms. The Kier molecular flexibility index (Phi) is 2.50. The Hall–Kier alpha value is -1.01. The molecule has 1 atom stereocenters. The summed E-state index contributed by atoms with van der Waals surface area (Å²) in [5.41, 5.74) is 0. The molecular formula is C8H11NO2. The Labute approximate surface area is 66.0 Å². The van der Waals surface area contributed by atoms with Crippen LogP contribution >= 0.6 is 0 Å². The molecule has 1 aliphatic heterocycles. The molecule has 60 valence electrons. The lowest BCUT2D eigenvalue weighted by atomic mass is 10.1. The molecule has 3 nitrogen and oxygen atoms in total. The van der Waals surface area contributed by atoms with E-state index in [0.29, 0.717) is 19.5 Å². The van der Waals surface area contributed by atoms with Gasteiger partial charge in [0.2, 0.25) is 5.91 Å². The van der Waals surface area contributed by atoms with E-state index in [2.05, 4.69) is 5.92 Å². The van der Waals surface area contributed by atoms with E-state index in [9.17, 15) is 4.79 Å². The first-order chi connectivity index (χ1) is 5.27. The lowest BCUT2D eigenvalue weighted by Gasteiger charge is -2.12. The summed E-state index contributed by atoms with van der Waals surface area (Å²) in [5, 5.41) is 8.56. The summed E-state index contributed by atoms with van der Waals surface area (Å²) in [5.74, 6) is 2.65. The minimum Gasteiger partial charge on any atom is -0.395 e. The van der Waals surface area contributed by atoms with Crippen molar-refractivity contribution in [3.8, 4) is 12.3 Å². The first kappa shape index (κ1) is 8.09. The molecule has 1 saturated heterocycles. The van der Waals surface area contributed by atoms with Crippen LogP contribution in [0.25, 0.3) is 0 Å². The molecular weight excluding hydrogens is 142 g/mol. The lowest BCUT2D eigenvalue weighted by Crippen LogP contribution is -2.28. The molecule has 1 N–H and O–H groups in total. The van der Waals surface area contributed by atoms with Gasteiger partial charge in [0.25, 0.3) is 0 Å². The van der Waals surface area contributed by atoms with Gasteiger partial charge in [0, 0.05) is 25.4 Å². The molecule has 0 spiro atoms. The number of rotatable bonds is 2. The van der Waals surface area contributed by atoms with Crippen LogP contribution in [0.4, 0.5) is 0 Å². The Morgan fingerprint density at radius 1 is 1.82 bits per heavy atom. The van der Waals surface area contributed by atoms with E-state index < -0.39 is 0 Å². The monoisotopic (exact) mass is 153 g/mol. The molecule has 0 aromatic rings. The summed E-state index contributed by atoms with van der Waals surface area (Å²) in [6, 6.07) is 0. The first-order valence-electron chi connectivity index (χ1n) is 3.62. The zero-order chi connectivity index (χ0) is 8.27. The van der Waals surface area contributed by atoms with Crippen molar-refractivity contribution in [3.63, 3.8) is 0 Å². The van der Waals surface area contributed by atoms with E-state index >= 15 is 0 Å². The van der Waals surface area contributed by atoms with Crippen molar-refractivity contribution in [3.05, 3.63) is 0 Å². The predicted octanol–water partition coefficient (Wildman–Crippen LogP) is -0.540. The van der Waals surface area contributed by atoms with Crippen molar-refractivity contribution in [2.75, 3.05) is 19.7 Å². The maximum atomic E-state index is 11.1. The van der Waals surface area contributed by atoms with Gasteiger partial charge in [-0.15, -0.1) is 12.3 Å². The minimum atomic E-state index is 0.0169. The van der Waals surface area contributed by atoms with Gasteiger partial charge in [-0.05, 0) is 0 Å². The molecule has 1 aliphatic rings. The van der Waals surface area contributed by atoms with E-state index in [1.165, 1.54) is 0 Å². The average molecular weight is 153 g/mol. The number of likely N-dealkylation sites (tertiary alicyclic amines) is 1. The molecule has 0 aromatic carbocycles. The van der Waals surface area contributed by atoms with Crippen molar-refractivity contribution in [1.82, 2.24) is 4.90 Å². The summed E-state index contributed by atoms with van der Waals surface area (Å²) in [4.78, 5) is 12.7. The summed E-state index contributed by atoms with van der Waals surface area (Å²) in [6.07, 6.45) is 5.60. The van der Waals surface area contributed by atoms with Crippen molar-refractivity contribution in [1.29, 1.82) is 0 Å². The number of nitrogens with zero attached hydrogens (tertiary/aromatic N) is 1. The van der Waals surface area contributed by atoms with Crippen LogP contribution in [0.3, 0.4) is 0 Å². The van der Waals surface area contributed by atoms with Gasteiger partial charge in [-0.25, -0.2) is 0 Å². The van der Waals surface area contributed by atoms with Gasteiger partial charge in [-0.3, -0.25) is 4.79 Å². The molecule has 0 saturated carbocycles. The maximum Gasteiger partial charge on any atom is 0.224 e. The number of hydrogen-bond acceptors (Lipinski definition) is 2. The minimum absolute atomic E-state index is 0.0169. The molecule has 0 radical (unpaired) electrons. The van der Waals surface area contributed by atoms with Crippen molar-refractivity contribution in [2.45, 2.75) is 6.42 Å². The number of aliphatic hydroxyl groups is 1. The lowest BCUT2D eigenvalue weighted by molar-refractivity contribution is -0.128. The Morgan fingerprint density at radius 2 is 2.55 bits per heavy atom. The number of terminal acetylenes is 1. The van der Waals surface area contributed by atoms with Gasteiger partial charge < -0.3 is 10.0 Å². The molecule has 0 bridgehead atoms. The van der Waals surface area contributed by atoms with Gasteiger partial charge >= 0.3 is 0 Å². The van der Waals surface area contributed by atoms with Crippen LogP contribution < -0.4 is 0 Å². The summed E-state index contributed by atoms with van der Waals surface area (Å²) < 4.78 is 0. The van der Waals surface area contributed by atoms with Crippen molar-refractivity contribution in [2.24, 2.45) is 5.92 Å². The van der Waals surface area contributed by atoms with Gasteiger partial charge in [0.05, 0.1) is 6.61 Å². The molecule has 3 heteroatoms. The van der Waals surface area contributed by atoms with E-state index in [1.54, 1.807) is 4.90 Å². The van der Waals surface area contributed by atoms with Crippen LogP contribution in [0.15, 0.2) is 0 Å². The second-order valence-electron chi connectivity index (χ2n) is 2.63. The zero-order valence-electron chi connectivity index (χ0n) is 6.29. The molecule has 0 aromatic heterocycles. The number of amides is 1. The van der Waals surface area contributed by atoms with Gasteiger partial charge in [-0.2, -0.15) is 0 Å². The number of carbonyl (C=O) groups is 1. The van der Waals surface area contributed by atoms with E-state index in [1.807, 2.05) is 0 Å². The Bertz CT molecular complexity index is 195. The average Bonchev–Trinajstić information content (AvgIpc) is 2.33. The third kappa shape index (κ3) is 1.72. The van der Waals surface area contributed by atoms with Crippen LogP contribution in [-0.2, 0) is 4.79 Å². The Morgan fingerprint density at radius 3 is 3.00 bits per heavy atom. The van der Waals surface area contributed by atoms with E-state index in [0.717, 1.165) is 0 Å². The highest BCUT2D eigenvalue weighted by molar-refractivity contribution is 5.79. The number of aliphatic hydroxyl groups excluding tert-OH is 1. The highest BCUT2D eigenvalue weighted by Crippen LogP contribution is 2.15. The summed E-state index contributed by atoms with van der Waals surface area (Å²) in [6.45, 7) is 1.04. The smallest absolute Gasteiger partial charge is 0.224 e. The molecule has 1 heterocycles. The van der Waals surface area contributed by atoms with E-state index in [-0.39, 0.29) is 18.4 Å². The normalized spacial score (nSPS) is 23.8. The highest BCUT2D eigenvalue weighted by atomic mass is 16.3. The SMILES string of the molecule is C#CC1CC(=O)N(CCO)C1. The van der Waals surface area contributed by atoms with Crippen LogP contribution in [0.1, 0.15) is 6.42 Å². The fourth-order valence-corrected chi connectivity index (χ4v) is 1.22. The van der Waals surface area contributed by atoms with Gasteiger partial charge in [0.1, 0.15) is 0 Å². The molecule has 1 rings (SSSR count). The molecule has 1 unspecified atom stereocenters. The number of β-amino-alcohol motifs (C(OH)–C–C–N with tert-alkyl or cyclic N) is 1. The first-order valence-corrected chi connectivity index (χ1v) is 3.62. The van der Waals surface area contributed by atoms with E-state index in [4.69, 9.17) is 11.5 Å². The number of carbonyl (C=O) groups excluding carboxylic acids is 1. The zero-order valence-corrected chi connectivity index (χ0v) is 6.29. The standard InChI is InChI=1S/C8H11NO2/c1-2-7-5-8(11)9(6-7)3-4-10/h1,7,10H,3-6H2. The van der Waals surface area contributed by atoms with Crippen LogP contribution in [0, 0.1) is 18.3 Å².